The van der Waals surface area contributed by atoms with Crippen molar-refractivity contribution in [1.29, 1.82) is 0 Å². The third-order valence-corrected chi connectivity index (χ3v) is 3.55. The van der Waals surface area contributed by atoms with E-state index in [-0.39, 0.29) is 11.8 Å². The first-order valence-electron chi connectivity index (χ1n) is 8.29. The maximum absolute atomic E-state index is 11.8. The van der Waals surface area contributed by atoms with E-state index < -0.39 is 11.4 Å². The van der Waals surface area contributed by atoms with Crippen LogP contribution >= 0.6 is 23.2 Å². The first-order valence-corrected chi connectivity index (χ1v) is 9.04. The minimum atomic E-state index is -0.718. The Kier molecular flexibility index (Phi) is 11.4. The Balaban J connectivity index is 0.000000502. The normalized spacial score (nSPS) is 9.27. The van der Waals surface area contributed by atoms with E-state index in [4.69, 9.17) is 35.4 Å². The molecule has 2 aromatic carbocycles. The molecule has 3 amide bonds. The highest BCUT2D eigenvalue weighted by Gasteiger charge is 2.18. The number of primary amides is 2. The van der Waals surface area contributed by atoms with E-state index in [0.717, 1.165) is 0 Å². The van der Waals surface area contributed by atoms with Gasteiger partial charge in [0, 0.05) is 21.2 Å². The van der Waals surface area contributed by atoms with E-state index in [1.165, 1.54) is 12.1 Å². The minimum Gasteiger partial charge on any atom is -0.366 e. The number of terminal acetylenes is 2. The second-order valence-electron chi connectivity index (χ2n) is 6.12. The fraction of sp³-hybridized carbons (Fsp3) is 0.136. The molecule has 0 saturated carbocycles. The molecule has 0 heterocycles. The van der Waals surface area contributed by atoms with Crippen LogP contribution in [0.4, 0.5) is 0 Å². The zero-order valence-electron chi connectivity index (χ0n) is 16.4. The summed E-state index contributed by atoms with van der Waals surface area (Å²) in [7, 11) is 0. The highest BCUT2D eigenvalue weighted by atomic mass is 35.5. The van der Waals surface area contributed by atoms with Crippen molar-refractivity contribution in [3.05, 3.63) is 69.7 Å². The average Bonchev–Trinajstić information content (AvgIpc) is 2.68. The molecule has 0 aliphatic heterocycles. The summed E-state index contributed by atoms with van der Waals surface area (Å²) in [4.78, 5) is 31.6. The molecule has 0 aliphatic rings. The fourth-order valence-corrected chi connectivity index (χ4v) is 2.21. The number of nitrogens with one attached hydrogen (secondary N) is 1. The zero-order valence-corrected chi connectivity index (χ0v) is 17.9. The van der Waals surface area contributed by atoms with E-state index >= 15 is 0 Å². The Morgan fingerprint density at radius 2 is 1.40 bits per heavy atom. The predicted molar refractivity (Wildman–Crippen MR) is 120 cm³/mol. The molecule has 6 nitrogen and oxygen atoms in total. The maximum atomic E-state index is 11.8. The number of amides is 3. The molecule has 2 rings (SSSR count). The molecule has 2 aromatic rings. The van der Waals surface area contributed by atoms with Gasteiger partial charge in [-0.15, -0.1) is 12.8 Å². The molecule has 0 unspecified atom stereocenters. The Morgan fingerprint density at radius 1 is 0.933 bits per heavy atom. The van der Waals surface area contributed by atoms with Crippen LogP contribution in [-0.2, 0) is 4.79 Å². The van der Waals surface area contributed by atoms with Gasteiger partial charge in [0.05, 0.1) is 5.54 Å². The van der Waals surface area contributed by atoms with Gasteiger partial charge in [-0.05, 0) is 50.1 Å². The molecule has 5 N–H and O–H groups in total. The largest absolute Gasteiger partial charge is 0.366 e. The molecule has 0 aliphatic carbocycles. The third-order valence-electron chi connectivity index (χ3n) is 3.11. The van der Waals surface area contributed by atoms with Gasteiger partial charge in [0.15, 0.2) is 0 Å². The SMILES string of the molecule is C#CC(C)(C)NC(=O)c1cc(Cl)cc(Cl)c1.C#CC(N)=O.NC(=O)c1ccccc1. The standard InChI is InChI=1S/C12H11Cl2NO.C7H7NO.C3H3NO/c1-4-12(2,3)15-11(16)8-5-9(13)7-10(14)6-8;8-7(9)6-4-2-1-3-5-6;1-2-3(4)5/h1,5-7H,2-3H3,(H,15,16);1-5H,(H2,8,9);1H,(H2,4,5). The van der Waals surface area contributed by atoms with Crippen LogP contribution in [0.3, 0.4) is 0 Å². The van der Waals surface area contributed by atoms with Gasteiger partial charge in [-0.25, -0.2) is 0 Å². The fourth-order valence-electron chi connectivity index (χ4n) is 1.68. The number of carbonyl (C=O) groups excluding carboxylic acids is 3. The number of hydrogen-bond acceptors (Lipinski definition) is 3. The second-order valence-corrected chi connectivity index (χ2v) is 6.99. The van der Waals surface area contributed by atoms with Crippen molar-refractivity contribution in [3.63, 3.8) is 0 Å². The van der Waals surface area contributed by atoms with Crippen LogP contribution in [0.25, 0.3) is 0 Å². The Hall–Kier alpha value is -3.45. The highest BCUT2D eigenvalue weighted by molar-refractivity contribution is 6.35. The van der Waals surface area contributed by atoms with E-state index in [1.54, 1.807) is 50.1 Å². The van der Waals surface area contributed by atoms with Crippen LogP contribution < -0.4 is 16.8 Å². The van der Waals surface area contributed by atoms with Gasteiger partial charge in [-0.2, -0.15) is 0 Å². The van der Waals surface area contributed by atoms with Gasteiger partial charge in [0.2, 0.25) is 5.91 Å². The van der Waals surface area contributed by atoms with E-state index in [2.05, 4.69) is 23.4 Å². The second kappa shape index (κ2) is 12.9. The Morgan fingerprint density at radius 3 is 1.73 bits per heavy atom. The summed E-state index contributed by atoms with van der Waals surface area (Å²) >= 11 is 11.6. The molecular formula is C22H21Cl2N3O3. The van der Waals surface area contributed by atoms with Gasteiger partial charge >= 0.3 is 0 Å². The van der Waals surface area contributed by atoms with Crippen LogP contribution in [0.5, 0.6) is 0 Å². The average molecular weight is 446 g/mol. The lowest BCUT2D eigenvalue weighted by molar-refractivity contribution is -0.112. The molecule has 0 spiro atoms. The zero-order chi connectivity index (χ0) is 23.3. The van der Waals surface area contributed by atoms with E-state index in [9.17, 15) is 14.4 Å². The van der Waals surface area contributed by atoms with Gasteiger partial charge in [0.1, 0.15) is 0 Å². The van der Waals surface area contributed by atoms with Crippen molar-refractivity contribution in [3.8, 4) is 24.7 Å². The smallest absolute Gasteiger partial charge is 0.293 e. The van der Waals surface area contributed by atoms with Crippen LogP contribution in [0.1, 0.15) is 34.6 Å². The van der Waals surface area contributed by atoms with Gasteiger partial charge in [0.25, 0.3) is 11.8 Å². The molecule has 30 heavy (non-hydrogen) atoms. The first kappa shape index (κ1) is 26.6. The summed E-state index contributed by atoms with van der Waals surface area (Å²) in [6, 6.07) is 13.4. The molecule has 0 bridgehead atoms. The topological polar surface area (TPSA) is 115 Å². The lowest BCUT2D eigenvalue weighted by atomic mass is 10.1. The Labute approximate surface area is 185 Å². The molecular weight excluding hydrogens is 425 g/mol. The molecule has 0 saturated heterocycles. The van der Waals surface area contributed by atoms with Crippen LogP contribution in [0, 0.1) is 24.7 Å². The number of hydrogen-bond donors (Lipinski definition) is 3. The van der Waals surface area contributed by atoms with Crippen LogP contribution in [0.2, 0.25) is 10.0 Å². The van der Waals surface area contributed by atoms with Crippen molar-refractivity contribution in [2.45, 2.75) is 19.4 Å². The monoisotopic (exact) mass is 445 g/mol. The molecule has 8 heteroatoms. The first-order chi connectivity index (χ1) is 13.9. The van der Waals surface area contributed by atoms with Gasteiger partial charge < -0.3 is 16.8 Å². The lowest BCUT2D eigenvalue weighted by Crippen LogP contribution is -2.42. The predicted octanol–water partition coefficient (Wildman–Crippen LogP) is 3.03. The summed E-state index contributed by atoms with van der Waals surface area (Å²) in [5.74, 6) is 2.74. The van der Waals surface area contributed by atoms with Crippen LogP contribution in [0.15, 0.2) is 48.5 Å². The van der Waals surface area contributed by atoms with E-state index in [0.29, 0.717) is 21.2 Å². The summed E-state index contributed by atoms with van der Waals surface area (Å²) in [5.41, 5.74) is 9.63. The highest BCUT2D eigenvalue weighted by Crippen LogP contribution is 2.19. The van der Waals surface area contributed by atoms with Crippen molar-refractivity contribution in [1.82, 2.24) is 5.32 Å². The van der Waals surface area contributed by atoms with Crippen LogP contribution in [-0.4, -0.2) is 23.3 Å². The summed E-state index contributed by atoms with van der Waals surface area (Å²) in [6.07, 6.45) is 9.72. The molecule has 0 fully saturated rings. The quantitative estimate of drug-likeness (QED) is 0.630. The molecule has 0 radical (unpaired) electrons. The van der Waals surface area contributed by atoms with Crippen molar-refractivity contribution >= 4 is 40.9 Å². The minimum absolute atomic E-state index is 0.299. The van der Waals surface area contributed by atoms with Gasteiger partial charge in [-0.3, -0.25) is 14.4 Å². The number of benzene rings is 2. The maximum Gasteiger partial charge on any atom is 0.293 e. The summed E-state index contributed by atoms with van der Waals surface area (Å²) in [6.45, 7) is 3.47. The molecule has 0 aromatic heterocycles. The Bertz CT molecular complexity index is 955. The molecule has 0 atom stereocenters. The number of carbonyl (C=O) groups is 3. The number of halogens is 2. The van der Waals surface area contributed by atoms with Crippen molar-refractivity contribution in [2.24, 2.45) is 11.5 Å². The number of rotatable bonds is 3. The van der Waals surface area contributed by atoms with Crippen molar-refractivity contribution < 1.29 is 14.4 Å². The third kappa shape index (κ3) is 11.4. The number of nitrogens with two attached hydrogens (primary N) is 2. The van der Waals surface area contributed by atoms with E-state index in [1.807, 2.05) is 6.07 Å². The van der Waals surface area contributed by atoms with Crippen molar-refractivity contribution in [2.75, 3.05) is 0 Å². The lowest BCUT2D eigenvalue weighted by Gasteiger charge is -2.19. The molecule has 156 valence electrons. The summed E-state index contributed by atoms with van der Waals surface area (Å²) < 4.78 is 0. The summed E-state index contributed by atoms with van der Waals surface area (Å²) in [5, 5.41) is 3.51. The van der Waals surface area contributed by atoms with Gasteiger partial charge in [-0.1, -0.05) is 47.3 Å².